The number of hydrogen-bond acceptors (Lipinski definition) is 4. The summed E-state index contributed by atoms with van der Waals surface area (Å²) in [4.78, 5) is 41.7. The van der Waals surface area contributed by atoms with Crippen LogP contribution in [-0.4, -0.2) is 40.5 Å². The van der Waals surface area contributed by atoms with Crippen LogP contribution in [0.25, 0.3) is 0 Å². The van der Waals surface area contributed by atoms with Crippen molar-refractivity contribution in [3.63, 3.8) is 0 Å². The quantitative estimate of drug-likeness (QED) is 0.876. The zero-order chi connectivity index (χ0) is 18.7. The van der Waals surface area contributed by atoms with Crippen LogP contribution in [0.15, 0.2) is 42.6 Å². The number of benzene rings is 1. The summed E-state index contributed by atoms with van der Waals surface area (Å²) in [6, 6.07) is 9.49. The molecule has 1 unspecified atom stereocenters. The van der Waals surface area contributed by atoms with Crippen molar-refractivity contribution in [1.82, 2.24) is 10.3 Å². The minimum atomic E-state index is -1.14. The third-order valence-electron chi connectivity index (χ3n) is 4.33. The number of carbonyl (C=O) groups is 3. The fourth-order valence-corrected chi connectivity index (χ4v) is 2.91. The van der Waals surface area contributed by atoms with Gasteiger partial charge in [0, 0.05) is 18.4 Å². The minimum Gasteiger partial charge on any atom is -0.478 e. The van der Waals surface area contributed by atoms with Gasteiger partial charge in [-0.05, 0) is 44.0 Å². The Morgan fingerprint density at radius 3 is 2.65 bits per heavy atom. The monoisotopic (exact) mass is 353 g/mol. The van der Waals surface area contributed by atoms with Crippen LogP contribution >= 0.6 is 0 Å². The fourth-order valence-electron chi connectivity index (χ4n) is 2.91. The average Bonchev–Trinajstić information content (AvgIpc) is 2.64. The number of anilines is 1. The van der Waals surface area contributed by atoms with Gasteiger partial charge in [-0.25, -0.2) is 4.79 Å². The van der Waals surface area contributed by atoms with Crippen LogP contribution in [0.1, 0.15) is 39.3 Å². The maximum absolute atomic E-state index is 12.7. The lowest BCUT2D eigenvalue weighted by Gasteiger charge is -2.32. The van der Waals surface area contributed by atoms with Gasteiger partial charge in [0.2, 0.25) is 5.91 Å². The first kappa shape index (κ1) is 17.6. The van der Waals surface area contributed by atoms with Gasteiger partial charge in [-0.3, -0.25) is 14.6 Å². The molecule has 0 spiro atoms. The third-order valence-corrected chi connectivity index (χ3v) is 4.33. The molecule has 1 aliphatic heterocycles. The highest BCUT2D eigenvalue weighted by molar-refractivity contribution is 6.02. The number of aromatic carboxylic acids is 1. The molecule has 1 aromatic heterocycles. The Morgan fingerprint density at radius 2 is 1.96 bits per heavy atom. The van der Waals surface area contributed by atoms with Gasteiger partial charge in [-0.15, -0.1) is 0 Å². The van der Waals surface area contributed by atoms with E-state index in [9.17, 15) is 14.4 Å². The lowest BCUT2D eigenvalue weighted by Crippen LogP contribution is -2.52. The number of hydrogen-bond donors (Lipinski definition) is 2. The number of pyridine rings is 1. The lowest BCUT2D eigenvalue weighted by atomic mass is 10.0. The third kappa shape index (κ3) is 3.72. The normalized spacial score (nSPS) is 17.0. The van der Waals surface area contributed by atoms with E-state index in [1.54, 1.807) is 4.90 Å². The van der Waals surface area contributed by atoms with E-state index in [0.717, 1.165) is 17.7 Å². The molecule has 0 radical (unpaired) electrons. The number of aryl methyl sites for hydroxylation is 1. The number of nitrogens with zero attached hydrogens (tertiary/aromatic N) is 2. The Labute approximate surface area is 150 Å². The molecule has 2 N–H and O–H groups in total. The lowest BCUT2D eigenvalue weighted by molar-refractivity contribution is -0.121. The molecule has 1 fully saturated rings. The van der Waals surface area contributed by atoms with Gasteiger partial charge in [0.1, 0.15) is 11.7 Å². The number of carboxylic acids is 1. The number of carboxylic acid groups (broad SMARTS) is 1. The van der Waals surface area contributed by atoms with Crippen LogP contribution in [0.4, 0.5) is 5.69 Å². The minimum absolute atomic E-state index is 0.0230. The molecule has 1 saturated heterocycles. The van der Waals surface area contributed by atoms with Crippen LogP contribution in [0.3, 0.4) is 0 Å². The van der Waals surface area contributed by atoms with Gasteiger partial charge < -0.3 is 15.3 Å². The van der Waals surface area contributed by atoms with Crippen molar-refractivity contribution >= 4 is 23.5 Å². The second-order valence-corrected chi connectivity index (χ2v) is 6.23. The predicted molar refractivity (Wildman–Crippen MR) is 95.2 cm³/mol. The molecule has 3 rings (SSSR count). The number of nitrogens with one attached hydrogen (secondary N) is 1. The number of rotatable bonds is 4. The van der Waals surface area contributed by atoms with Gasteiger partial charge in [0.15, 0.2) is 0 Å². The Hall–Kier alpha value is -3.22. The SMILES string of the molecule is Cc1ccc(N2CCCC(NC(=O)c3cc(C(=O)O)ccn3)C2=O)cc1. The van der Waals surface area contributed by atoms with Crippen molar-refractivity contribution in [2.24, 2.45) is 0 Å². The van der Waals surface area contributed by atoms with Gasteiger partial charge in [0.05, 0.1) is 5.56 Å². The van der Waals surface area contributed by atoms with E-state index in [-0.39, 0.29) is 17.2 Å². The second kappa shape index (κ2) is 7.35. The number of amides is 2. The standard InChI is InChI=1S/C19H19N3O4/c1-12-4-6-14(7-5-12)22-10-2-3-15(18(22)24)21-17(23)16-11-13(19(25)26)8-9-20-16/h4-9,11,15H,2-3,10H2,1H3,(H,21,23)(H,25,26). The van der Waals surface area contributed by atoms with Gasteiger partial charge in [0.25, 0.3) is 5.91 Å². The van der Waals surface area contributed by atoms with E-state index in [0.29, 0.717) is 13.0 Å². The Bertz CT molecular complexity index is 848. The largest absolute Gasteiger partial charge is 0.478 e. The van der Waals surface area contributed by atoms with E-state index in [4.69, 9.17) is 5.11 Å². The summed E-state index contributed by atoms with van der Waals surface area (Å²) in [6.07, 6.45) is 2.55. The summed E-state index contributed by atoms with van der Waals surface area (Å²) >= 11 is 0. The Balaban J connectivity index is 1.74. The number of carbonyl (C=O) groups excluding carboxylic acids is 2. The fraction of sp³-hybridized carbons (Fsp3) is 0.263. The van der Waals surface area contributed by atoms with Crippen LogP contribution < -0.4 is 10.2 Å². The van der Waals surface area contributed by atoms with Crippen molar-refractivity contribution in [2.75, 3.05) is 11.4 Å². The molecule has 7 nitrogen and oxygen atoms in total. The molecule has 26 heavy (non-hydrogen) atoms. The molecule has 1 aliphatic rings. The van der Waals surface area contributed by atoms with Crippen LogP contribution in [-0.2, 0) is 4.79 Å². The van der Waals surface area contributed by atoms with Gasteiger partial charge >= 0.3 is 5.97 Å². The summed E-state index contributed by atoms with van der Waals surface area (Å²) in [7, 11) is 0. The van der Waals surface area contributed by atoms with Crippen molar-refractivity contribution in [3.8, 4) is 0 Å². The molecule has 0 saturated carbocycles. The first-order valence-electron chi connectivity index (χ1n) is 8.34. The van der Waals surface area contributed by atoms with Crippen molar-refractivity contribution in [1.29, 1.82) is 0 Å². The average molecular weight is 353 g/mol. The van der Waals surface area contributed by atoms with E-state index in [1.165, 1.54) is 18.3 Å². The molecule has 1 aromatic carbocycles. The van der Waals surface area contributed by atoms with Crippen LogP contribution in [0, 0.1) is 6.92 Å². The summed E-state index contributed by atoms with van der Waals surface area (Å²) < 4.78 is 0. The second-order valence-electron chi connectivity index (χ2n) is 6.23. The van der Waals surface area contributed by atoms with E-state index < -0.39 is 17.9 Å². The summed E-state index contributed by atoms with van der Waals surface area (Å²) in [5.41, 5.74) is 1.85. The molecule has 134 valence electrons. The maximum atomic E-state index is 12.7. The zero-order valence-corrected chi connectivity index (χ0v) is 14.3. The summed E-state index contributed by atoms with van der Waals surface area (Å²) in [5, 5.41) is 11.7. The van der Waals surface area contributed by atoms with E-state index in [2.05, 4.69) is 10.3 Å². The van der Waals surface area contributed by atoms with Gasteiger partial charge in [-0.1, -0.05) is 17.7 Å². The highest BCUT2D eigenvalue weighted by atomic mass is 16.4. The first-order valence-corrected chi connectivity index (χ1v) is 8.34. The van der Waals surface area contributed by atoms with Crippen molar-refractivity contribution in [3.05, 3.63) is 59.4 Å². The predicted octanol–water partition coefficient (Wildman–Crippen LogP) is 2.01. The molecule has 0 aliphatic carbocycles. The Kier molecular flexibility index (Phi) is 4.97. The molecule has 0 bridgehead atoms. The van der Waals surface area contributed by atoms with Crippen LogP contribution in [0.5, 0.6) is 0 Å². The molecule has 2 heterocycles. The Morgan fingerprint density at radius 1 is 1.23 bits per heavy atom. The van der Waals surface area contributed by atoms with Crippen LogP contribution in [0.2, 0.25) is 0 Å². The van der Waals surface area contributed by atoms with E-state index >= 15 is 0 Å². The first-order chi connectivity index (χ1) is 12.5. The van der Waals surface area contributed by atoms with Crippen molar-refractivity contribution in [2.45, 2.75) is 25.8 Å². The molecule has 2 aromatic rings. The maximum Gasteiger partial charge on any atom is 0.335 e. The summed E-state index contributed by atoms with van der Waals surface area (Å²) in [5.74, 6) is -1.87. The topological polar surface area (TPSA) is 99.6 Å². The van der Waals surface area contributed by atoms with Gasteiger partial charge in [-0.2, -0.15) is 0 Å². The molecule has 2 amide bonds. The molecular weight excluding hydrogens is 334 g/mol. The molecule has 7 heteroatoms. The summed E-state index contributed by atoms with van der Waals surface area (Å²) in [6.45, 7) is 2.57. The number of aromatic nitrogens is 1. The molecular formula is C19H19N3O4. The highest BCUT2D eigenvalue weighted by Gasteiger charge is 2.31. The highest BCUT2D eigenvalue weighted by Crippen LogP contribution is 2.21. The van der Waals surface area contributed by atoms with Crippen molar-refractivity contribution < 1.29 is 19.5 Å². The smallest absolute Gasteiger partial charge is 0.335 e. The molecule has 1 atom stereocenters. The van der Waals surface area contributed by atoms with E-state index in [1.807, 2.05) is 31.2 Å². The number of piperidine rings is 1. The zero-order valence-electron chi connectivity index (χ0n) is 14.3.